The minimum Gasteiger partial charge on any atom is -0.336 e. The van der Waals surface area contributed by atoms with Crippen molar-refractivity contribution in [2.75, 3.05) is 5.32 Å². The lowest BCUT2D eigenvalue weighted by Gasteiger charge is -2.17. The maximum atomic E-state index is 16.1. The van der Waals surface area contributed by atoms with Crippen molar-refractivity contribution in [1.82, 2.24) is 39.7 Å². The maximum absolute atomic E-state index is 16.1. The third-order valence-electron chi connectivity index (χ3n) is 6.25. The summed E-state index contributed by atoms with van der Waals surface area (Å²) in [6.07, 6.45) is 8.68. The van der Waals surface area contributed by atoms with Crippen molar-refractivity contribution in [2.24, 2.45) is 5.41 Å². The lowest BCUT2D eigenvalue weighted by atomic mass is 9.92. The predicted molar refractivity (Wildman–Crippen MR) is 147 cm³/mol. The van der Waals surface area contributed by atoms with Crippen molar-refractivity contribution >= 4 is 33.5 Å². The molecule has 3 N–H and O–H groups in total. The molecule has 0 aliphatic heterocycles. The molecule has 0 aliphatic carbocycles. The van der Waals surface area contributed by atoms with Gasteiger partial charge >= 0.3 is 0 Å². The summed E-state index contributed by atoms with van der Waals surface area (Å²) in [6.45, 7) is 7.87. The van der Waals surface area contributed by atoms with Crippen molar-refractivity contribution in [3.05, 3.63) is 66.9 Å². The molecule has 0 fully saturated rings. The number of hydrogen-bond donors (Lipinski definition) is 3. The van der Waals surface area contributed by atoms with E-state index >= 15 is 4.39 Å². The molecule has 6 rings (SSSR count). The molecule has 0 saturated carbocycles. The SMILES string of the molecule is Cc1cn(-c2nccc3[nH]c(-c4n[nH]c5ccc(-c6cncc(NC(=O)CC(C)(C)C)c6)c(F)c45)nc23)cn1. The van der Waals surface area contributed by atoms with Gasteiger partial charge in [0, 0.05) is 36.1 Å². The molecule has 196 valence electrons. The van der Waals surface area contributed by atoms with Crippen LogP contribution in [0.5, 0.6) is 0 Å². The first-order valence-corrected chi connectivity index (χ1v) is 12.4. The fourth-order valence-corrected chi connectivity index (χ4v) is 4.57. The first-order chi connectivity index (χ1) is 18.7. The number of carbonyl (C=O) groups is 1. The Morgan fingerprint density at radius 1 is 1.13 bits per heavy atom. The number of pyridine rings is 2. The Labute approximate surface area is 222 Å². The molecule has 0 saturated heterocycles. The van der Waals surface area contributed by atoms with Gasteiger partial charge in [-0.05, 0) is 36.6 Å². The van der Waals surface area contributed by atoms with Gasteiger partial charge in [0.2, 0.25) is 5.91 Å². The van der Waals surface area contributed by atoms with E-state index in [9.17, 15) is 4.79 Å². The van der Waals surface area contributed by atoms with Crippen LogP contribution in [-0.4, -0.2) is 45.6 Å². The third-order valence-corrected chi connectivity index (χ3v) is 6.25. The Morgan fingerprint density at radius 2 is 1.97 bits per heavy atom. The van der Waals surface area contributed by atoms with Crippen LogP contribution >= 0.6 is 0 Å². The quantitative estimate of drug-likeness (QED) is 0.271. The van der Waals surface area contributed by atoms with Crippen LogP contribution in [0, 0.1) is 18.2 Å². The van der Waals surface area contributed by atoms with Gasteiger partial charge in [-0.15, -0.1) is 0 Å². The molecule has 10 nitrogen and oxygen atoms in total. The summed E-state index contributed by atoms with van der Waals surface area (Å²) in [5.74, 6) is 0.409. The number of aromatic amines is 2. The summed E-state index contributed by atoms with van der Waals surface area (Å²) < 4.78 is 17.9. The number of imidazole rings is 2. The second kappa shape index (κ2) is 9.12. The molecule has 0 unspecified atom stereocenters. The van der Waals surface area contributed by atoms with Crippen LogP contribution in [0.15, 0.2) is 55.4 Å². The summed E-state index contributed by atoms with van der Waals surface area (Å²) in [5.41, 5.74) is 4.27. The van der Waals surface area contributed by atoms with Gasteiger partial charge in [-0.25, -0.2) is 19.3 Å². The second-order valence-corrected chi connectivity index (χ2v) is 10.7. The molecule has 0 atom stereocenters. The number of halogens is 1. The van der Waals surface area contributed by atoms with Gasteiger partial charge in [0.05, 0.1) is 34.0 Å². The number of anilines is 1. The molecular weight excluding hydrogens is 497 g/mol. The molecule has 1 aromatic carbocycles. The average molecular weight is 524 g/mol. The fraction of sp³-hybridized carbons (Fsp3) is 0.214. The van der Waals surface area contributed by atoms with Gasteiger partial charge in [0.15, 0.2) is 11.6 Å². The Hall–Kier alpha value is -4.93. The first-order valence-electron chi connectivity index (χ1n) is 12.4. The largest absolute Gasteiger partial charge is 0.336 e. The van der Waals surface area contributed by atoms with E-state index in [1.807, 2.05) is 33.9 Å². The van der Waals surface area contributed by atoms with Crippen LogP contribution in [0.3, 0.4) is 0 Å². The zero-order valence-corrected chi connectivity index (χ0v) is 21.9. The van der Waals surface area contributed by atoms with Crippen molar-refractivity contribution in [3.63, 3.8) is 0 Å². The van der Waals surface area contributed by atoms with Crippen LogP contribution in [0.25, 0.3) is 50.4 Å². The van der Waals surface area contributed by atoms with Gasteiger partial charge in [0.1, 0.15) is 23.4 Å². The van der Waals surface area contributed by atoms with Gasteiger partial charge in [-0.3, -0.25) is 19.4 Å². The summed E-state index contributed by atoms with van der Waals surface area (Å²) in [7, 11) is 0. The van der Waals surface area contributed by atoms with Gasteiger partial charge in [-0.1, -0.05) is 20.8 Å². The highest BCUT2D eigenvalue weighted by atomic mass is 19.1. The molecule has 6 aromatic rings. The minimum absolute atomic E-state index is 0.126. The fourth-order valence-electron chi connectivity index (χ4n) is 4.57. The average Bonchev–Trinajstić information content (AvgIpc) is 3.60. The van der Waals surface area contributed by atoms with E-state index in [1.54, 1.807) is 53.8 Å². The number of benzene rings is 1. The van der Waals surface area contributed by atoms with Crippen LogP contribution in [0.1, 0.15) is 32.9 Å². The lowest BCUT2D eigenvalue weighted by molar-refractivity contribution is -0.117. The highest BCUT2D eigenvalue weighted by Crippen LogP contribution is 2.35. The number of fused-ring (bicyclic) bond motifs is 2. The topological polar surface area (TPSA) is 130 Å². The molecule has 0 spiro atoms. The maximum Gasteiger partial charge on any atom is 0.224 e. The Morgan fingerprint density at radius 3 is 2.74 bits per heavy atom. The van der Waals surface area contributed by atoms with Crippen LogP contribution in [-0.2, 0) is 4.79 Å². The first kappa shape index (κ1) is 24.4. The Bertz CT molecular complexity index is 1860. The number of nitrogens with zero attached hydrogens (tertiary/aromatic N) is 6. The monoisotopic (exact) mass is 523 g/mol. The van der Waals surface area contributed by atoms with E-state index in [0.29, 0.717) is 57.0 Å². The van der Waals surface area contributed by atoms with E-state index in [4.69, 9.17) is 4.98 Å². The van der Waals surface area contributed by atoms with Crippen LogP contribution < -0.4 is 5.32 Å². The second-order valence-electron chi connectivity index (χ2n) is 10.7. The molecule has 5 heterocycles. The molecule has 0 aliphatic rings. The van der Waals surface area contributed by atoms with Crippen LogP contribution in [0.4, 0.5) is 10.1 Å². The minimum atomic E-state index is -0.472. The number of rotatable bonds is 5. The molecule has 11 heteroatoms. The number of H-pyrrole nitrogens is 2. The van der Waals surface area contributed by atoms with E-state index in [2.05, 4.69) is 35.5 Å². The number of aromatic nitrogens is 8. The zero-order chi connectivity index (χ0) is 27.3. The standard InChI is InChI=1S/C28H26FN9O/c1-15-13-38(14-32-15)27-24-20(7-8-31-27)34-26(35-24)25-22-19(36-37-25)6-5-18(23(22)29)16-9-17(12-30-11-16)33-21(39)10-28(2,3)4/h5-9,11-14H,10H2,1-4H3,(H,33,39)(H,34,35)(H,36,37). The van der Waals surface area contributed by atoms with E-state index in [0.717, 1.165) is 11.2 Å². The van der Waals surface area contributed by atoms with E-state index < -0.39 is 5.82 Å². The molecule has 5 aromatic heterocycles. The van der Waals surface area contributed by atoms with Crippen molar-refractivity contribution in [2.45, 2.75) is 34.1 Å². The number of amides is 1. The molecule has 0 bridgehead atoms. The van der Waals surface area contributed by atoms with Gasteiger partial charge in [0.25, 0.3) is 0 Å². The summed E-state index contributed by atoms with van der Waals surface area (Å²) in [5, 5.41) is 10.4. The predicted octanol–water partition coefficient (Wildman–Crippen LogP) is 5.57. The van der Waals surface area contributed by atoms with E-state index in [1.165, 1.54) is 0 Å². The number of aryl methyl sites for hydroxylation is 1. The van der Waals surface area contributed by atoms with Crippen molar-refractivity contribution in [1.29, 1.82) is 0 Å². The molecule has 0 radical (unpaired) electrons. The van der Waals surface area contributed by atoms with Crippen LogP contribution in [0.2, 0.25) is 0 Å². The third kappa shape index (κ3) is 4.63. The molecular formula is C28H26FN9O. The zero-order valence-electron chi connectivity index (χ0n) is 21.9. The summed E-state index contributed by atoms with van der Waals surface area (Å²) in [6, 6.07) is 6.95. The lowest BCUT2D eigenvalue weighted by Crippen LogP contribution is -2.19. The van der Waals surface area contributed by atoms with Crippen molar-refractivity contribution < 1.29 is 9.18 Å². The van der Waals surface area contributed by atoms with E-state index in [-0.39, 0.29) is 11.3 Å². The highest BCUT2D eigenvalue weighted by Gasteiger charge is 2.21. The molecule has 39 heavy (non-hydrogen) atoms. The summed E-state index contributed by atoms with van der Waals surface area (Å²) >= 11 is 0. The number of carbonyl (C=O) groups excluding carboxylic acids is 1. The Balaban J connectivity index is 1.40. The normalized spacial score (nSPS) is 11.9. The smallest absolute Gasteiger partial charge is 0.224 e. The summed E-state index contributed by atoms with van der Waals surface area (Å²) in [4.78, 5) is 33.4. The number of nitrogens with one attached hydrogen (secondary N) is 3. The van der Waals surface area contributed by atoms with Crippen molar-refractivity contribution in [3.8, 4) is 28.5 Å². The van der Waals surface area contributed by atoms with Gasteiger partial charge in [-0.2, -0.15) is 5.10 Å². The Kier molecular flexibility index (Phi) is 5.71. The van der Waals surface area contributed by atoms with Gasteiger partial charge < -0.3 is 10.3 Å². The molecule has 1 amide bonds. The highest BCUT2D eigenvalue weighted by molar-refractivity contribution is 5.97. The number of hydrogen-bond acceptors (Lipinski definition) is 6.